The van der Waals surface area contributed by atoms with Gasteiger partial charge in [-0.1, -0.05) is 13.8 Å². The van der Waals surface area contributed by atoms with Gasteiger partial charge < -0.3 is 10.1 Å². The number of methoxy groups -OCH3 is 1. The van der Waals surface area contributed by atoms with Crippen LogP contribution < -0.4 is 14.8 Å². The zero-order valence-electron chi connectivity index (χ0n) is 18.5. The SMILES string of the molecule is COc1cc(C)c([C@@H](C)NS(=O)(=O)c2ccc(SC)c(NC(C)=O)c2)cc1C(C)C. The van der Waals surface area contributed by atoms with E-state index in [0.717, 1.165) is 27.3 Å². The normalized spacial score (nSPS) is 12.7. The predicted octanol–water partition coefficient (Wildman–Crippen LogP) is 4.85. The molecule has 164 valence electrons. The van der Waals surface area contributed by atoms with E-state index >= 15 is 0 Å². The van der Waals surface area contributed by atoms with Crippen LogP contribution in [0.5, 0.6) is 5.75 Å². The zero-order chi connectivity index (χ0) is 22.6. The van der Waals surface area contributed by atoms with Gasteiger partial charge in [0.1, 0.15) is 5.75 Å². The highest BCUT2D eigenvalue weighted by atomic mass is 32.2. The van der Waals surface area contributed by atoms with Crippen molar-refractivity contribution in [1.29, 1.82) is 0 Å². The summed E-state index contributed by atoms with van der Waals surface area (Å²) in [7, 11) is -2.16. The molecule has 0 aliphatic heterocycles. The lowest BCUT2D eigenvalue weighted by Crippen LogP contribution is -2.27. The molecule has 0 unspecified atom stereocenters. The van der Waals surface area contributed by atoms with Gasteiger partial charge in [-0.2, -0.15) is 0 Å². The molecule has 0 saturated heterocycles. The van der Waals surface area contributed by atoms with Crippen molar-refractivity contribution in [3.05, 3.63) is 47.0 Å². The Morgan fingerprint density at radius 2 is 1.77 bits per heavy atom. The topological polar surface area (TPSA) is 84.5 Å². The highest BCUT2D eigenvalue weighted by molar-refractivity contribution is 7.98. The van der Waals surface area contributed by atoms with Gasteiger partial charge in [-0.05, 0) is 73.0 Å². The molecule has 2 aromatic rings. The fraction of sp³-hybridized carbons (Fsp3) is 0.409. The Hall–Kier alpha value is -2.03. The van der Waals surface area contributed by atoms with E-state index in [0.29, 0.717) is 5.69 Å². The van der Waals surface area contributed by atoms with Crippen molar-refractivity contribution in [1.82, 2.24) is 4.72 Å². The molecule has 0 aliphatic carbocycles. The number of thioether (sulfide) groups is 1. The number of carbonyl (C=O) groups is 1. The number of ether oxygens (including phenoxy) is 1. The van der Waals surface area contributed by atoms with E-state index in [-0.39, 0.29) is 16.7 Å². The number of hydrogen-bond acceptors (Lipinski definition) is 5. The number of rotatable bonds is 8. The van der Waals surface area contributed by atoms with Crippen LogP contribution in [-0.2, 0) is 14.8 Å². The van der Waals surface area contributed by atoms with Gasteiger partial charge in [0.15, 0.2) is 0 Å². The summed E-state index contributed by atoms with van der Waals surface area (Å²) < 4.78 is 34.4. The molecule has 2 aromatic carbocycles. The molecule has 0 fully saturated rings. The second-order valence-electron chi connectivity index (χ2n) is 7.49. The molecule has 1 atom stereocenters. The molecule has 0 aromatic heterocycles. The van der Waals surface area contributed by atoms with Crippen LogP contribution in [0, 0.1) is 6.92 Å². The van der Waals surface area contributed by atoms with E-state index in [1.807, 2.05) is 32.2 Å². The molecule has 6 nitrogen and oxygen atoms in total. The van der Waals surface area contributed by atoms with Gasteiger partial charge in [0, 0.05) is 17.9 Å². The molecule has 0 aliphatic rings. The van der Waals surface area contributed by atoms with Crippen LogP contribution in [0.15, 0.2) is 40.1 Å². The van der Waals surface area contributed by atoms with E-state index in [9.17, 15) is 13.2 Å². The van der Waals surface area contributed by atoms with Gasteiger partial charge in [0.2, 0.25) is 15.9 Å². The number of benzene rings is 2. The second kappa shape index (κ2) is 9.85. The van der Waals surface area contributed by atoms with Crippen LogP contribution in [0.4, 0.5) is 5.69 Å². The third-order valence-corrected chi connectivity index (χ3v) is 7.16. The fourth-order valence-corrected chi connectivity index (χ4v) is 5.10. The van der Waals surface area contributed by atoms with Crippen LogP contribution in [0.3, 0.4) is 0 Å². The van der Waals surface area contributed by atoms with Crippen LogP contribution >= 0.6 is 11.8 Å². The summed E-state index contributed by atoms with van der Waals surface area (Å²) in [5.74, 6) is 0.785. The lowest BCUT2D eigenvalue weighted by molar-refractivity contribution is -0.114. The largest absolute Gasteiger partial charge is 0.496 e. The van der Waals surface area contributed by atoms with Crippen molar-refractivity contribution in [2.24, 2.45) is 0 Å². The first-order valence-electron chi connectivity index (χ1n) is 9.66. The van der Waals surface area contributed by atoms with Crippen molar-refractivity contribution in [3.63, 3.8) is 0 Å². The Morgan fingerprint density at radius 1 is 1.10 bits per heavy atom. The third-order valence-electron chi connectivity index (χ3n) is 4.83. The average molecular weight is 451 g/mol. The van der Waals surface area contributed by atoms with Gasteiger partial charge in [0.25, 0.3) is 0 Å². The Morgan fingerprint density at radius 3 is 2.30 bits per heavy atom. The van der Waals surface area contributed by atoms with E-state index in [1.54, 1.807) is 19.2 Å². The minimum atomic E-state index is -3.80. The Kier molecular flexibility index (Phi) is 7.96. The first-order chi connectivity index (χ1) is 14.0. The number of anilines is 1. The molecule has 0 spiro atoms. The maximum Gasteiger partial charge on any atom is 0.241 e. The summed E-state index contributed by atoms with van der Waals surface area (Å²) in [4.78, 5) is 12.4. The highest BCUT2D eigenvalue weighted by Crippen LogP contribution is 2.33. The summed E-state index contributed by atoms with van der Waals surface area (Å²) in [6.45, 7) is 9.30. The van der Waals surface area contributed by atoms with Gasteiger partial charge in [0.05, 0.1) is 17.7 Å². The van der Waals surface area contributed by atoms with E-state index in [4.69, 9.17) is 4.74 Å². The van der Waals surface area contributed by atoms with Crippen molar-refractivity contribution in [2.45, 2.75) is 56.4 Å². The summed E-state index contributed by atoms with van der Waals surface area (Å²) in [6.07, 6.45) is 1.87. The quantitative estimate of drug-likeness (QED) is 0.562. The molecule has 8 heteroatoms. The van der Waals surface area contributed by atoms with Crippen LogP contribution in [0.2, 0.25) is 0 Å². The van der Waals surface area contributed by atoms with Gasteiger partial charge in [-0.25, -0.2) is 13.1 Å². The van der Waals surface area contributed by atoms with Crippen LogP contribution in [-0.4, -0.2) is 27.7 Å². The first-order valence-corrected chi connectivity index (χ1v) is 12.4. The molecular weight excluding hydrogens is 420 g/mol. The Bertz CT molecular complexity index is 1030. The maximum absolute atomic E-state index is 13.1. The number of amides is 1. The van der Waals surface area contributed by atoms with Crippen LogP contribution in [0.25, 0.3) is 0 Å². The summed E-state index contributed by atoms with van der Waals surface area (Å²) in [6, 6.07) is 8.24. The van der Waals surface area contributed by atoms with E-state index in [1.165, 1.54) is 24.8 Å². The first kappa shape index (κ1) is 24.2. The highest BCUT2D eigenvalue weighted by Gasteiger charge is 2.22. The lowest BCUT2D eigenvalue weighted by atomic mass is 9.94. The van der Waals surface area contributed by atoms with Crippen molar-refractivity contribution >= 4 is 33.4 Å². The standard InChI is InChI=1S/C22H30N2O4S2/c1-13(2)18-12-19(14(3)10-21(18)28-6)15(4)24-30(26,27)17-8-9-22(29-7)20(11-17)23-16(5)25/h8-13,15,24H,1-7H3,(H,23,25)/t15-/m1/s1. The minimum Gasteiger partial charge on any atom is -0.496 e. The van der Waals surface area contributed by atoms with Crippen LogP contribution in [0.1, 0.15) is 56.3 Å². The molecule has 0 bridgehead atoms. The Balaban J connectivity index is 2.40. The summed E-state index contributed by atoms with van der Waals surface area (Å²) in [5.41, 5.74) is 3.35. The second-order valence-corrected chi connectivity index (χ2v) is 10.1. The van der Waals surface area contributed by atoms with Crippen molar-refractivity contribution in [3.8, 4) is 5.75 Å². The molecule has 2 rings (SSSR count). The van der Waals surface area contributed by atoms with E-state index < -0.39 is 16.1 Å². The molecule has 2 N–H and O–H groups in total. The summed E-state index contributed by atoms with van der Waals surface area (Å²) in [5, 5.41) is 2.70. The third kappa shape index (κ3) is 5.56. The number of carbonyl (C=O) groups excluding carboxylic acids is 1. The molecule has 30 heavy (non-hydrogen) atoms. The van der Waals surface area contributed by atoms with Crippen molar-refractivity contribution < 1.29 is 17.9 Å². The van der Waals surface area contributed by atoms with Gasteiger partial charge in [-0.15, -0.1) is 11.8 Å². The fourth-order valence-electron chi connectivity index (χ4n) is 3.32. The number of hydrogen-bond donors (Lipinski definition) is 2. The minimum absolute atomic E-state index is 0.103. The molecule has 1 amide bonds. The molecule has 0 radical (unpaired) electrons. The molecule has 0 heterocycles. The number of sulfonamides is 1. The van der Waals surface area contributed by atoms with Crippen molar-refractivity contribution in [2.75, 3.05) is 18.7 Å². The zero-order valence-corrected chi connectivity index (χ0v) is 20.1. The van der Waals surface area contributed by atoms with E-state index in [2.05, 4.69) is 23.9 Å². The lowest BCUT2D eigenvalue weighted by Gasteiger charge is -2.21. The van der Waals surface area contributed by atoms with Gasteiger partial charge in [-0.3, -0.25) is 4.79 Å². The Labute approximate surface area is 183 Å². The monoisotopic (exact) mass is 450 g/mol. The maximum atomic E-state index is 13.1. The molecular formula is C22H30N2O4S2. The molecule has 0 saturated carbocycles. The smallest absolute Gasteiger partial charge is 0.241 e. The predicted molar refractivity (Wildman–Crippen MR) is 123 cm³/mol. The average Bonchev–Trinajstić information content (AvgIpc) is 2.66. The number of aryl methyl sites for hydroxylation is 1. The van der Waals surface area contributed by atoms with Gasteiger partial charge >= 0.3 is 0 Å². The number of nitrogens with one attached hydrogen (secondary N) is 2. The summed E-state index contributed by atoms with van der Waals surface area (Å²) >= 11 is 1.44.